The van der Waals surface area contributed by atoms with Gasteiger partial charge in [0.1, 0.15) is 0 Å². The van der Waals surface area contributed by atoms with Crippen molar-refractivity contribution in [1.82, 2.24) is 19.6 Å². The van der Waals surface area contributed by atoms with Crippen LogP contribution in [0.5, 0.6) is 0 Å². The van der Waals surface area contributed by atoms with Gasteiger partial charge in [0.25, 0.3) is 0 Å². The van der Waals surface area contributed by atoms with Crippen LogP contribution in [-0.2, 0) is 0 Å². The summed E-state index contributed by atoms with van der Waals surface area (Å²) < 4.78 is 0. The summed E-state index contributed by atoms with van der Waals surface area (Å²) in [6.45, 7) is 7.35. The Kier molecular flexibility index (Phi) is 10.6. The van der Waals surface area contributed by atoms with Crippen LogP contribution >= 0.6 is 0 Å². The summed E-state index contributed by atoms with van der Waals surface area (Å²) in [6.07, 6.45) is 0. The standard InChI is InChI=1S/C13H32N4O/c1-14(2)6-8-16(5)9-11-17(12-13-18)10-7-15(3)4/h18H,6-13H2,1-5H3. The van der Waals surface area contributed by atoms with E-state index in [9.17, 15) is 0 Å². The highest BCUT2D eigenvalue weighted by Crippen LogP contribution is 1.92. The zero-order chi connectivity index (χ0) is 14.0. The van der Waals surface area contributed by atoms with Gasteiger partial charge >= 0.3 is 0 Å². The Labute approximate surface area is 113 Å². The van der Waals surface area contributed by atoms with Gasteiger partial charge in [-0.2, -0.15) is 0 Å². The molecule has 0 spiro atoms. The summed E-state index contributed by atoms with van der Waals surface area (Å²) >= 11 is 0. The van der Waals surface area contributed by atoms with Gasteiger partial charge in [-0.15, -0.1) is 0 Å². The van der Waals surface area contributed by atoms with Gasteiger partial charge in [-0.25, -0.2) is 0 Å². The Morgan fingerprint density at radius 3 is 1.56 bits per heavy atom. The average Bonchev–Trinajstić information content (AvgIpc) is 2.29. The van der Waals surface area contributed by atoms with Crippen molar-refractivity contribution in [3.8, 4) is 0 Å². The van der Waals surface area contributed by atoms with E-state index in [0.717, 1.165) is 45.8 Å². The highest BCUT2D eigenvalue weighted by molar-refractivity contribution is 4.63. The molecule has 0 aromatic carbocycles. The van der Waals surface area contributed by atoms with Crippen LogP contribution in [0.3, 0.4) is 0 Å². The second-order valence-corrected chi connectivity index (χ2v) is 5.48. The molecule has 0 rings (SSSR count). The molecule has 0 aliphatic carbocycles. The van der Waals surface area contributed by atoms with Crippen LogP contribution in [0.25, 0.3) is 0 Å². The summed E-state index contributed by atoms with van der Waals surface area (Å²) in [5, 5.41) is 9.07. The third kappa shape index (κ3) is 10.9. The maximum atomic E-state index is 9.07. The van der Waals surface area contributed by atoms with Crippen molar-refractivity contribution in [2.45, 2.75) is 0 Å². The van der Waals surface area contributed by atoms with Crippen LogP contribution in [-0.4, -0.2) is 112 Å². The third-order valence-electron chi connectivity index (χ3n) is 3.01. The number of nitrogens with zero attached hydrogens (tertiary/aromatic N) is 4. The third-order valence-corrected chi connectivity index (χ3v) is 3.01. The molecule has 1 N–H and O–H groups in total. The number of aliphatic hydroxyl groups is 1. The summed E-state index contributed by atoms with van der Waals surface area (Å²) in [4.78, 5) is 9.06. The van der Waals surface area contributed by atoms with Crippen molar-refractivity contribution in [1.29, 1.82) is 0 Å². The summed E-state index contributed by atoms with van der Waals surface area (Å²) in [7, 11) is 10.5. The first-order chi connectivity index (χ1) is 8.45. The normalized spacial score (nSPS) is 12.3. The molecule has 0 fully saturated rings. The van der Waals surface area contributed by atoms with Crippen LogP contribution in [0.4, 0.5) is 0 Å². The molecule has 0 atom stereocenters. The summed E-state index contributed by atoms with van der Waals surface area (Å²) in [6, 6.07) is 0. The smallest absolute Gasteiger partial charge is 0.0558 e. The van der Waals surface area contributed by atoms with E-state index >= 15 is 0 Å². The van der Waals surface area contributed by atoms with E-state index in [1.807, 2.05) is 0 Å². The molecule has 18 heavy (non-hydrogen) atoms. The van der Waals surface area contributed by atoms with E-state index in [-0.39, 0.29) is 6.61 Å². The minimum absolute atomic E-state index is 0.245. The van der Waals surface area contributed by atoms with Gasteiger partial charge in [-0.1, -0.05) is 0 Å². The van der Waals surface area contributed by atoms with E-state index in [4.69, 9.17) is 5.11 Å². The van der Waals surface area contributed by atoms with E-state index in [2.05, 4.69) is 54.8 Å². The predicted molar refractivity (Wildman–Crippen MR) is 78.1 cm³/mol. The molecule has 0 bridgehead atoms. The topological polar surface area (TPSA) is 33.2 Å². The molecule has 0 saturated carbocycles. The quantitative estimate of drug-likeness (QED) is 0.533. The van der Waals surface area contributed by atoms with E-state index in [0.29, 0.717) is 0 Å². The van der Waals surface area contributed by atoms with Crippen LogP contribution in [0.15, 0.2) is 0 Å². The van der Waals surface area contributed by atoms with Crippen LogP contribution < -0.4 is 0 Å². The van der Waals surface area contributed by atoms with Gasteiger partial charge < -0.3 is 19.8 Å². The molecule has 0 aliphatic rings. The Morgan fingerprint density at radius 2 is 1.06 bits per heavy atom. The van der Waals surface area contributed by atoms with Gasteiger partial charge in [-0.05, 0) is 35.2 Å². The molecule has 0 aromatic rings. The number of hydrogen-bond acceptors (Lipinski definition) is 5. The lowest BCUT2D eigenvalue weighted by Gasteiger charge is -2.26. The highest BCUT2D eigenvalue weighted by Gasteiger charge is 2.06. The fourth-order valence-corrected chi connectivity index (χ4v) is 1.61. The van der Waals surface area contributed by atoms with Gasteiger partial charge in [-0.3, -0.25) is 4.90 Å². The second kappa shape index (κ2) is 10.7. The van der Waals surface area contributed by atoms with Crippen molar-refractivity contribution in [2.75, 3.05) is 87.7 Å². The maximum Gasteiger partial charge on any atom is 0.0558 e. The number of aliphatic hydroxyl groups excluding tert-OH is 1. The lowest BCUT2D eigenvalue weighted by atomic mass is 10.4. The molecular formula is C13H32N4O. The molecule has 110 valence electrons. The predicted octanol–water partition coefficient (Wildman–Crippen LogP) is -0.664. The molecule has 5 heteroatoms. The fraction of sp³-hybridized carbons (Fsp3) is 1.00. The van der Waals surface area contributed by atoms with Gasteiger partial charge in [0.2, 0.25) is 0 Å². The summed E-state index contributed by atoms with van der Waals surface area (Å²) in [5.41, 5.74) is 0. The molecule has 0 aromatic heterocycles. The van der Waals surface area contributed by atoms with Gasteiger partial charge in [0.15, 0.2) is 0 Å². The molecule has 0 amide bonds. The number of hydrogen-bond donors (Lipinski definition) is 1. The van der Waals surface area contributed by atoms with Gasteiger partial charge in [0, 0.05) is 45.8 Å². The first kappa shape index (κ1) is 17.8. The van der Waals surface area contributed by atoms with E-state index in [1.54, 1.807) is 0 Å². The molecule has 0 saturated heterocycles. The zero-order valence-electron chi connectivity index (χ0n) is 12.9. The first-order valence-corrected chi connectivity index (χ1v) is 6.77. The second-order valence-electron chi connectivity index (χ2n) is 5.48. The van der Waals surface area contributed by atoms with E-state index < -0.39 is 0 Å². The number of rotatable bonds is 11. The largest absolute Gasteiger partial charge is 0.395 e. The van der Waals surface area contributed by atoms with Crippen LogP contribution in [0, 0.1) is 0 Å². The van der Waals surface area contributed by atoms with Crippen molar-refractivity contribution < 1.29 is 5.11 Å². The summed E-state index contributed by atoms with van der Waals surface area (Å²) in [5.74, 6) is 0. The fourth-order valence-electron chi connectivity index (χ4n) is 1.61. The van der Waals surface area contributed by atoms with Crippen molar-refractivity contribution in [2.24, 2.45) is 0 Å². The van der Waals surface area contributed by atoms with Crippen molar-refractivity contribution in [3.63, 3.8) is 0 Å². The lowest BCUT2D eigenvalue weighted by molar-refractivity contribution is 0.164. The van der Waals surface area contributed by atoms with E-state index in [1.165, 1.54) is 0 Å². The molecule has 5 nitrogen and oxygen atoms in total. The van der Waals surface area contributed by atoms with Crippen LogP contribution in [0.1, 0.15) is 0 Å². The van der Waals surface area contributed by atoms with Crippen molar-refractivity contribution in [3.05, 3.63) is 0 Å². The molecule has 0 radical (unpaired) electrons. The first-order valence-electron chi connectivity index (χ1n) is 6.77. The highest BCUT2D eigenvalue weighted by atomic mass is 16.3. The SMILES string of the molecule is CN(C)CCN(C)CCN(CCO)CCN(C)C. The van der Waals surface area contributed by atoms with Crippen molar-refractivity contribution >= 4 is 0 Å². The number of likely N-dealkylation sites (N-methyl/N-ethyl adjacent to an activating group) is 3. The Bertz CT molecular complexity index is 188. The lowest BCUT2D eigenvalue weighted by Crippen LogP contribution is -2.40. The minimum atomic E-state index is 0.245. The monoisotopic (exact) mass is 260 g/mol. The molecule has 0 heterocycles. The average molecular weight is 260 g/mol. The van der Waals surface area contributed by atoms with Gasteiger partial charge in [0.05, 0.1) is 6.61 Å². The Morgan fingerprint density at radius 1 is 0.611 bits per heavy atom. The minimum Gasteiger partial charge on any atom is -0.395 e. The Balaban J connectivity index is 3.79. The maximum absolute atomic E-state index is 9.07. The van der Waals surface area contributed by atoms with Crippen LogP contribution in [0.2, 0.25) is 0 Å². The molecule has 0 unspecified atom stereocenters. The zero-order valence-corrected chi connectivity index (χ0v) is 12.9. The Hall–Kier alpha value is -0.200. The molecular weight excluding hydrogens is 228 g/mol. The molecule has 0 aliphatic heterocycles.